The third kappa shape index (κ3) is 13.1. The van der Waals surface area contributed by atoms with Crippen LogP contribution < -0.4 is 0 Å². The molecule has 2 rings (SSSR count). The van der Waals surface area contributed by atoms with Gasteiger partial charge in [0.2, 0.25) is 0 Å². The third-order valence-corrected chi connectivity index (χ3v) is 2.51. The number of hydrogen-bond acceptors (Lipinski definition) is 2. The molecule has 4 heteroatoms. The van der Waals surface area contributed by atoms with Crippen LogP contribution in [0.3, 0.4) is 0 Å². The molecule has 89 valence electrons. The molecule has 1 radical (unpaired) electrons. The Morgan fingerprint density at radius 1 is 1.00 bits per heavy atom. The summed E-state index contributed by atoms with van der Waals surface area (Å²) in [6.45, 7) is 0. The van der Waals surface area contributed by atoms with Gasteiger partial charge in [-0.25, -0.2) is 0 Å². The maximum Gasteiger partial charge on any atom is -0.171 e. The van der Waals surface area contributed by atoms with Gasteiger partial charge in [-0.1, -0.05) is 0 Å². The summed E-state index contributed by atoms with van der Waals surface area (Å²) in [5, 5.41) is 0. The van der Waals surface area contributed by atoms with Gasteiger partial charge in [-0.05, 0) is 0 Å². The third-order valence-electron chi connectivity index (χ3n) is 1.39. The molecular formula is C13H10FeO2Te-. The Labute approximate surface area is 120 Å². The van der Waals surface area contributed by atoms with E-state index in [0.29, 0.717) is 3.97 Å². The molecule has 0 unspecified atom stereocenters. The molecule has 1 aromatic rings. The van der Waals surface area contributed by atoms with Gasteiger partial charge in [0.15, 0.2) is 0 Å². The molecule has 0 amide bonds. The first-order chi connectivity index (χ1) is 8.31. The summed E-state index contributed by atoms with van der Waals surface area (Å²) in [5.74, 6) is 0. The second kappa shape index (κ2) is 13.2. The summed E-state index contributed by atoms with van der Waals surface area (Å²) in [6, 6.07) is 12.5. The van der Waals surface area contributed by atoms with Gasteiger partial charge in [0.25, 0.3) is 0 Å². The van der Waals surface area contributed by atoms with Gasteiger partial charge in [-0.2, -0.15) is 36.4 Å². The van der Waals surface area contributed by atoms with Crippen LogP contribution in [0.5, 0.6) is 0 Å². The van der Waals surface area contributed by atoms with Crippen molar-refractivity contribution in [2.24, 2.45) is 0 Å². The first kappa shape index (κ1) is 16.2. The monoisotopic (exact) mass is 384 g/mol. The van der Waals surface area contributed by atoms with Crippen LogP contribution in [0.15, 0.2) is 54.6 Å². The Morgan fingerprint density at radius 2 is 1.53 bits per heavy atom. The topological polar surface area (TPSA) is 34.1 Å². The first-order valence-corrected chi connectivity index (χ1v) is 7.02. The SMILES string of the molecule is O=[C]=[Fe]=[C]=O.[Te]C1C=CC=C1.[c-]1ccccc1. The Hall–Kier alpha value is -0.831. The van der Waals surface area contributed by atoms with Crippen LogP contribution in [-0.4, -0.2) is 31.9 Å². The van der Waals surface area contributed by atoms with Crippen molar-refractivity contribution in [2.75, 3.05) is 0 Å². The fourth-order valence-corrected chi connectivity index (χ4v) is 1.33. The van der Waals surface area contributed by atoms with Crippen molar-refractivity contribution in [2.45, 2.75) is 3.97 Å². The van der Waals surface area contributed by atoms with E-state index in [4.69, 9.17) is 9.59 Å². The fraction of sp³-hybridized carbons (Fsp3) is 0.0769. The van der Waals surface area contributed by atoms with E-state index in [-0.39, 0.29) is 14.1 Å². The largest absolute Gasteiger partial charge is 0.184 e. The van der Waals surface area contributed by atoms with Gasteiger partial charge < -0.3 is 0 Å². The number of benzene rings is 1. The molecule has 0 saturated carbocycles. The number of hydrogen-bond donors (Lipinski definition) is 0. The molecule has 1 aliphatic carbocycles. The summed E-state index contributed by atoms with van der Waals surface area (Å²) >= 11 is 1.88. The van der Waals surface area contributed by atoms with E-state index in [1.54, 1.807) is 0 Å². The maximum atomic E-state index is 9.02. The number of carbonyl (C=O) groups excluding carboxylic acids is 2. The quantitative estimate of drug-likeness (QED) is 0.507. The average molecular weight is 382 g/mol. The number of allylic oxidation sites excluding steroid dienone is 4. The molecule has 1 aliphatic rings. The zero-order valence-corrected chi connectivity index (χ0v) is 12.3. The smallest absolute Gasteiger partial charge is 0.171 e. The average Bonchev–Trinajstić information content (AvgIpc) is 2.85. The van der Waals surface area contributed by atoms with Crippen LogP contribution in [0.1, 0.15) is 0 Å². The molecule has 0 atom stereocenters. The van der Waals surface area contributed by atoms with E-state index in [0.717, 1.165) is 0 Å². The minimum absolute atomic E-state index is 0.222. The zero-order chi connectivity index (χ0) is 12.8. The molecule has 0 aliphatic heterocycles. The summed E-state index contributed by atoms with van der Waals surface area (Å²) in [6.07, 6.45) is 8.50. The van der Waals surface area contributed by atoms with E-state index in [1.165, 1.54) is 9.57 Å². The molecule has 1 aromatic carbocycles. The van der Waals surface area contributed by atoms with Crippen LogP contribution in [0.2, 0.25) is 3.97 Å². The normalized spacial score (nSPS) is 11.4. The van der Waals surface area contributed by atoms with Crippen molar-refractivity contribution < 1.29 is 23.7 Å². The molecule has 0 saturated heterocycles. The second-order valence-corrected chi connectivity index (χ2v) is 4.82. The van der Waals surface area contributed by atoms with Crippen LogP contribution in [0.4, 0.5) is 0 Å². The van der Waals surface area contributed by atoms with Gasteiger partial charge in [0, 0.05) is 0 Å². The van der Waals surface area contributed by atoms with Crippen molar-refractivity contribution in [1.82, 2.24) is 0 Å². The minimum atomic E-state index is -0.222. The van der Waals surface area contributed by atoms with Crippen LogP contribution >= 0.6 is 0 Å². The van der Waals surface area contributed by atoms with Gasteiger partial charge >= 0.3 is 83.8 Å². The van der Waals surface area contributed by atoms with Crippen LogP contribution in [0.25, 0.3) is 0 Å². The minimum Gasteiger partial charge on any atom is -0.184 e. The van der Waals surface area contributed by atoms with Crippen molar-refractivity contribution in [3.63, 3.8) is 0 Å². The standard InChI is InChI=1S/C6H5.C5H5Te.2CO.Fe/c1-2-4-6-5-3-1;6-5-3-1-2-4-5;2*1-2;/h2*1-5H;;;/q-1;;;;. The van der Waals surface area contributed by atoms with Gasteiger partial charge in [0.1, 0.15) is 0 Å². The van der Waals surface area contributed by atoms with Gasteiger partial charge in [-0.3, -0.25) is 0 Å². The van der Waals surface area contributed by atoms with Crippen LogP contribution in [-0.2, 0) is 23.7 Å². The van der Waals surface area contributed by atoms with Crippen molar-refractivity contribution in [3.8, 4) is 0 Å². The summed E-state index contributed by atoms with van der Waals surface area (Å²) in [4.78, 5) is 20.7. The predicted molar refractivity (Wildman–Crippen MR) is 64.4 cm³/mol. The van der Waals surface area contributed by atoms with E-state index < -0.39 is 0 Å². The van der Waals surface area contributed by atoms with E-state index >= 15 is 0 Å². The Morgan fingerprint density at radius 3 is 1.65 bits per heavy atom. The van der Waals surface area contributed by atoms with E-state index in [1.807, 2.05) is 30.3 Å². The van der Waals surface area contributed by atoms with Gasteiger partial charge in [0.05, 0.1) is 0 Å². The fourth-order valence-electron chi connectivity index (χ4n) is 0.768. The number of rotatable bonds is 0. The van der Waals surface area contributed by atoms with E-state index in [2.05, 4.69) is 52.7 Å². The summed E-state index contributed by atoms with van der Waals surface area (Å²) < 4.78 is 0.695. The molecule has 0 aromatic heterocycles. The van der Waals surface area contributed by atoms with Crippen molar-refractivity contribution in [3.05, 3.63) is 60.7 Å². The zero-order valence-electron chi connectivity index (χ0n) is 8.85. The van der Waals surface area contributed by atoms with Gasteiger partial charge in [-0.15, -0.1) is 0 Å². The maximum absolute atomic E-state index is 9.02. The second-order valence-electron chi connectivity index (χ2n) is 2.54. The molecule has 2 nitrogen and oxygen atoms in total. The molecule has 0 spiro atoms. The molecule has 17 heavy (non-hydrogen) atoms. The Bertz CT molecular complexity index is 401. The van der Waals surface area contributed by atoms with Crippen molar-refractivity contribution >= 4 is 31.9 Å². The Balaban J connectivity index is 0.000000228. The molecule has 0 fully saturated rings. The molecule has 0 heterocycles. The van der Waals surface area contributed by atoms with Crippen molar-refractivity contribution in [1.29, 1.82) is 0 Å². The summed E-state index contributed by atoms with van der Waals surface area (Å²) in [5.41, 5.74) is 0. The molecule has 0 N–H and O–H groups in total. The molecule has 0 bridgehead atoms. The van der Waals surface area contributed by atoms with E-state index in [9.17, 15) is 0 Å². The van der Waals surface area contributed by atoms with Crippen LogP contribution in [0, 0.1) is 6.07 Å². The summed E-state index contributed by atoms with van der Waals surface area (Å²) in [7, 11) is 0. The Kier molecular flexibility index (Phi) is 12.6. The first-order valence-electron chi connectivity index (χ1n) is 4.57. The predicted octanol–water partition coefficient (Wildman–Crippen LogP) is 1.76. The molecular weight excluding hydrogens is 372 g/mol.